The SMILES string of the molecule is C=CCC(C(=O)O)C(=O)S. The Hall–Kier alpha value is -0.770. The normalized spacial score (nSPS) is 12.1. The van der Waals surface area contributed by atoms with Crippen LogP contribution in [0.1, 0.15) is 6.42 Å². The summed E-state index contributed by atoms with van der Waals surface area (Å²) in [5.74, 6) is -2.19. The van der Waals surface area contributed by atoms with Gasteiger partial charge in [-0.25, -0.2) is 0 Å². The van der Waals surface area contributed by atoms with Crippen molar-refractivity contribution in [3.8, 4) is 0 Å². The summed E-state index contributed by atoms with van der Waals surface area (Å²) >= 11 is 3.40. The quantitative estimate of drug-likeness (QED) is 0.362. The van der Waals surface area contributed by atoms with Gasteiger partial charge < -0.3 is 5.11 Å². The maximum absolute atomic E-state index is 10.4. The minimum absolute atomic E-state index is 0.137. The van der Waals surface area contributed by atoms with Crippen LogP contribution in [0.15, 0.2) is 12.7 Å². The second-order valence-electron chi connectivity index (χ2n) is 1.75. The minimum Gasteiger partial charge on any atom is -0.481 e. The van der Waals surface area contributed by atoms with E-state index in [-0.39, 0.29) is 6.42 Å². The lowest BCUT2D eigenvalue weighted by molar-refractivity contribution is -0.143. The molecule has 0 fully saturated rings. The van der Waals surface area contributed by atoms with Crippen molar-refractivity contribution in [3.63, 3.8) is 0 Å². The van der Waals surface area contributed by atoms with Crippen LogP contribution in [-0.2, 0) is 9.59 Å². The van der Waals surface area contributed by atoms with Gasteiger partial charge in [-0.3, -0.25) is 9.59 Å². The lowest BCUT2D eigenvalue weighted by Crippen LogP contribution is -2.18. The van der Waals surface area contributed by atoms with E-state index >= 15 is 0 Å². The first-order valence-corrected chi connectivity index (χ1v) is 3.10. The van der Waals surface area contributed by atoms with E-state index in [4.69, 9.17) is 5.11 Å². The van der Waals surface area contributed by atoms with Crippen LogP contribution in [0.4, 0.5) is 0 Å². The summed E-state index contributed by atoms with van der Waals surface area (Å²) in [7, 11) is 0. The van der Waals surface area contributed by atoms with Crippen molar-refractivity contribution in [2.45, 2.75) is 6.42 Å². The number of aliphatic carboxylic acids is 1. The van der Waals surface area contributed by atoms with Gasteiger partial charge >= 0.3 is 5.97 Å². The van der Waals surface area contributed by atoms with Crippen molar-refractivity contribution in [1.29, 1.82) is 0 Å². The van der Waals surface area contributed by atoms with E-state index < -0.39 is 17.0 Å². The molecule has 56 valence electrons. The van der Waals surface area contributed by atoms with Crippen LogP contribution in [0.5, 0.6) is 0 Å². The first kappa shape index (κ1) is 9.23. The molecule has 0 aliphatic carbocycles. The average molecular weight is 160 g/mol. The third-order valence-corrected chi connectivity index (χ3v) is 1.31. The number of allylic oxidation sites excluding steroid dienone is 1. The molecule has 1 atom stereocenters. The summed E-state index contributed by atoms with van der Waals surface area (Å²) in [6.07, 6.45) is 1.52. The summed E-state index contributed by atoms with van der Waals surface area (Å²) < 4.78 is 0. The maximum Gasteiger partial charge on any atom is 0.315 e. The Morgan fingerprint density at radius 3 is 2.30 bits per heavy atom. The molecule has 0 amide bonds. The fourth-order valence-corrected chi connectivity index (χ4v) is 0.690. The number of carboxylic acids is 1. The highest BCUT2D eigenvalue weighted by Crippen LogP contribution is 2.07. The van der Waals surface area contributed by atoms with E-state index in [0.29, 0.717) is 0 Å². The monoisotopic (exact) mass is 160 g/mol. The van der Waals surface area contributed by atoms with Crippen molar-refractivity contribution in [2.75, 3.05) is 0 Å². The van der Waals surface area contributed by atoms with E-state index in [1.807, 2.05) is 0 Å². The molecule has 10 heavy (non-hydrogen) atoms. The topological polar surface area (TPSA) is 54.4 Å². The van der Waals surface area contributed by atoms with Gasteiger partial charge in [0.25, 0.3) is 0 Å². The maximum atomic E-state index is 10.4. The van der Waals surface area contributed by atoms with Crippen LogP contribution in [0.3, 0.4) is 0 Å². The summed E-state index contributed by atoms with van der Waals surface area (Å²) in [6, 6.07) is 0. The molecule has 0 aliphatic heterocycles. The van der Waals surface area contributed by atoms with E-state index in [1.165, 1.54) is 6.08 Å². The molecule has 0 aromatic rings. The van der Waals surface area contributed by atoms with Crippen LogP contribution in [-0.4, -0.2) is 16.2 Å². The van der Waals surface area contributed by atoms with Crippen LogP contribution in [0, 0.1) is 5.92 Å². The standard InChI is InChI=1S/C6H8O3S/c1-2-3-4(5(7)8)6(9)10/h2,4H,1,3H2,(H,7,8)(H,9,10). The molecule has 0 heterocycles. The first-order valence-electron chi connectivity index (χ1n) is 2.66. The zero-order valence-electron chi connectivity index (χ0n) is 5.28. The average Bonchev–Trinajstić information content (AvgIpc) is 1.81. The molecule has 0 spiro atoms. The number of carboxylic acid groups (broad SMARTS) is 1. The minimum atomic E-state index is -1.15. The van der Waals surface area contributed by atoms with Gasteiger partial charge in [0.05, 0.1) is 0 Å². The van der Waals surface area contributed by atoms with E-state index in [2.05, 4.69) is 19.2 Å². The molecule has 0 aromatic carbocycles. The zero-order valence-corrected chi connectivity index (χ0v) is 6.17. The fraction of sp³-hybridized carbons (Fsp3) is 0.333. The molecular weight excluding hydrogens is 152 g/mol. The summed E-state index contributed by atoms with van der Waals surface area (Å²) in [5, 5.41) is 7.73. The second kappa shape index (κ2) is 4.11. The molecule has 0 rings (SSSR count). The van der Waals surface area contributed by atoms with Gasteiger partial charge in [-0.05, 0) is 6.42 Å². The van der Waals surface area contributed by atoms with Gasteiger partial charge in [0.2, 0.25) is 0 Å². The number of hydrogen-bond donors (Lipinski definition) is 2. The van der Waals surface area contributed by atoms with Crippen molar-refractivity contribution >= 4 is 23.7 Å². The molecule has 0 saturated carbocycles. The molecule has 3 nitrogen and oxygen atoms in total. The van der Waals surface area contributed by atoms with Gasteiger partial charge in [-0.1, -0.05) is 6.08 Å². The lowest BCUT2D eigenvalue weighted by atomic mass is 10.1. The van der Waals surface area contributed by atoms with Crippen LogP contribution >= 0.6 is 12.6 Å². The van der Waals surface area contributed by atoms with Crippen LogP contribution < -0.4 is 0 Å². The fourth-order valence-electron chi connectivity index (χ4n) is 0.474. The molecule has 0 aromatic heterocycles. The Labute approximate surface area is 64.1 Å². The highest BCUT2D eigenvalue weighted by Gasteiger charge is 2.21. The Morgan fingerprint density at radius 1 is 1.70 bits per heavy atom. The Morgan fingerprint density at radius 2 is 2.20 bits per heavy atom. The van der Waals surface area contributed by atoms with Crippen molar-refractivity contribution < 1.29 is 14.7 Å². The predicted molar refractivity (Wildman–Crippen MR) is 39.9 cm³/mol. The van der Waals surface area contributed by atoms with Gasteiger partial charge in [0.15, 0.2) is 5.12 Å². The van der Waals surface area contributed by atoms with Gasteiger partial charge in [0, 0.05) is 0 Å². The third kappa shape index (κ3) is 2.68. The molecule has 0 radical (unpaired) electrons. The Kier molecular flexibility index (Phi) is 3.79. The number of thiol groups is 1. The highest BCUT2D eigenvalue weighted by atomic mass is 32.1. The lowest BCUT2D eigenvalue weighted by Gasteiger charge is -2.01. The molecule has 0 aliphatic rings. The predicted octanol–water partition coefficient (Wildman–Crippen LogP) is 0.720. The highest BCUT2D eigenvalue weighted by molar-refractivity contribution is 7.96. The van der Waals surface area contributed by atoms with E-state index in [9.17, 15) is 9.59 Å². The van der Waals surface area contributed by atoms with Gasteiger partial charge in [-0.2, -0.15) is 0 Å². The molecule has 1 unspecified atom stereocenters. The first-order chi connectivity index (χ1) is 4.59. The van der Waals surface area contributed by atoms with E-state index in [1.54, 1.807) is 0 Å². The Balaban J connectivity index is 4.11. The largest absolute Gasteiger partial charge is 0.481 e. The molecule has 1 N–H and O–H groups in total. The van der Waals surface area contributed by atoms with Crippen molar-refractivity contribution in [1.82, 2.24) is 0 Å². The molecule has 0 saturated heterocycles. The number of rotatable bonds is 4. The third-order valence-electron chi connectivity index (χ3n) is 0.999. The summed E-state index contributed by atoms with van der Waals surface area (Å²) in [4.78, 5) is 20.6. The number of carbonyl (C=O) groups excluding carboxylic acids is 1. The molecular formula is C6H8O3S. The smallest absolute Gasteiger partial charge is 0.315 e. The van der Waals surface area contributed by atoms with Crippen molar-refractivity contribution in [2.24, 2.45) is 5.92 Å². The molecule has 0 bridgehead atoms. The summed E-state index contributed by atoms with van der Waals surface area (Å²) in [5.41, 5.74) is 0. The Bertz CT molecular complexity index is 150. The number of carbonyl (C=O) groups is 2. The summed E-state index contributed by atoms with van der Waals surface area (Å²) in [6.45, 7) is 3.32. The van der Waals surface area contributed by atoms with E-state index in [0.717, 1.165) is 0 Å². The van der Waals surface area contributed by atoms with Crippen molar-refractivity contribution in [3.05, 3.63) is 12.7 Å². The van der Waals surface area contributed by atoms with Gasteiger partial charge in [0.1, 0.15) is 5.92 Å². The second-order valence-corrected chi connectivity index (χ2v) is 2.19. The van der Waals surface area contributed by atoms with Crippen LogP contribution in [0.25, 0.3) is 0 Å². The zero-order chi connectivity index (χ0) is 8.15. The number of hydrogen-bond acceptors (Lipinski definition) is 2. The molecule has 4 heteroatoms. The van der Waals surface area contributed by atoms with Gasteiger partial charge in [-0.15, -0.1) is 19.2 Å². The van der Waals surface area contributed by atoms with Crippen LogP contribution in [0.2, 0.25) is 0 Å².